The van der Waals surface area contributed by atoms with Crippen molar-refractivity contribution in [1.29, 1.82) is 0 Å². The number of amides is 1. The molecule has 7 nitrogen and oxygen atoms in total. The number of carbonyl (C=O) groups excluding carboxylic acids is 2. The molecule has 10 heteroatoms. The molecule has 1 amide bonds. The van der Waals surface area contributed by atoms with Crippen LogP contribution in [0, 0.1) is 0 Å². The molecule has 0 radical (unpaired) electrons. The summed E-state index contributed by atoms with van der Waals surface area (Å²) < 4.78 is 12.7. The fourth-order valence-corrected chi connectivity index (χ4v) is 6.32. The van der Waals surface area contributed by atoms with Crippen LogP contribution in [0.2, 0.25) is 10.0 Å². The Morgan fingerprint density at radius 2 is 1.64 bits per heavy atom. The number of hydrogen-bond acceptors (Lipinski definition) is 6. The molecule has 44 heavy (non-hydrogen) atoms. The van der Waals surface area contributed by atoms with Gasteiger partial charge in [-0.2, -0.15) is 5.10 Å². The number of thiophene rings is 1. The summed E-state index contributed by atoms with van der Waals surface area (Å²) in [6.07, 6.45) is 0.100. The molecule has 3 aromatic carbocycles. The lowest BCUT2D eigenvalue weighted by Crippen LogP contribution is -2.29. The van der Waals surface area contributed by atoms with Crippen LogP contribution in [0.5, 0.6) is 5.75 Å². The number of esters is 1. The third kappa shape index (κ3) is 7.44. The zero-order valence-electron chi connectivity index (χ0n) is 25.1. The lowest BCUT2D eigenvalue weighted by atomic mass is 10.0. The van der Waals surface area contributed by atoms with Gasteiger partial charge in [-0.15, -0.1) is 11.3 Å². The van der Waals surface area contributed by atoms with Gasteiger partial charge in [0.1, 0.15) is 11.4 Å². The van der Waals surface area contributed by atoms with Gasteiger partial charge in [0.25, 0.3) is 5.91 Å². The minimum absolute atomic E-state index is 0.100. The van der Waals surface area contributed by atoms with Crippen LogP contribution in [0.1, 0.15) is 54.7 Å². The Morgan fingerprint density at radius 3 is 2.34 bits per heavy atom. The molecule has 0 bridgehead atoms. The lowest BCUT2D eigenvalue weighted by Gasteiger charge is -2.19. The summed E-state index contributed by atoms with van der Waals surface area (Å²) >= 11 is 14.1. The maximum atomic E-state index is 12.9. The summed E-state index contributed by atoms with van der Waals surface area (Å²) in [5.41, 5.74) is 2.85. The van der Waals surface area contributed by atoms with Gasteiger partial charge in [0.05, 0.1) is 35.8 Å². The van der Waals surface area contributed by atoms with E-state index < -0.39 is 5.60 Å². The Kier molecular flexibility index (Phi) is 9.34. The third-order valence-electron chi connectivity index (χ3n) is 6.90. The Balaban J connectivity index is 1.44. The third-order valence-corrected chi connectivity index (χ3v) is 8.59. The van der Waals surface area contributed by atoms with E-state index in [1.807, 2.05) is 74.8 Å². The van der Waals surface area contributed by atoms with Gasteiger partial charge in [-0.25, -0.2) is 0 Å². The molecule has 0 fully saturated rings. The Morgan fingerprint density at radius 1 is 0.932 bits per heavy atom. The van der Waals surface area contributed by atoms with Gasteiger partial charge >= 0.3 is 5.97 Å². The summed E-state index contributed by atoms with van der Waals surface area (Å²) in [6.45, 7) is 7.68. The second kappa shape index (κ2) is 13.0. The number of methoxy groups -OCH3 is 1. The molecule has 2 heterocycles. The first-order chi connectivity index (χ1) is 20.9. The van der Waals surface area contributed by atoms with E-state index in [0.717, 1.165) is 43.9 Å². The van der Waals surface area contributed by atoms with Crippen LogP contribution in [-0.2, 0) is 9.53 Å². The number of nitrogens with one attached hydrogen (secondary N) is 1. The molecule has 5 aromatic rings. The SMILES string of the molecule is COc1ccc2cc(-c3cc(-c4cc(Cl)cc(Cl)c4)nn3C(C)c3ccc(C(=O)NCCC(=O)OC(C)(C)C)s3)ccc2c1. The molecular weight excluding hydrogens is 617 g/mol. The molecule has 0 saturated carbocycles. The Labute approximate surface area is 270 Å². The summed E-state index contributed by atoms with van der Waals surface area (Å²) in [7, 11) is 1.66. The summed E-state index contributed by atoms with van der Waals surface area (Å²) in [5, 5.41) is 11.0. The van der Waals surface area contributed by atoms with Crippen molar-refractivity contribution in [3.63, 3.8) is 0 Å². The lowest BCUT2D eigenvalue weighted by molar-refractivity contribution is -0.154. The predicted octanol–water partition coefficient (Wildman–Crippen LogP) is 8.82. The minimum atomic E-state index is -0.565. The van der Waals surface area contributed by atoms with E-state index >= 15 is 0 Å². The monoisotopic (exact) mass is 649 g/mol. The number of fused-ring (bicyclic) bond motifs is 1. The molecule has 0 aliphatic rings. The number of aromatic nitrogens is 2. The van der Waals surface area contributed by atoms with Crippen molar-refractivity contribution in [2.45, 2.75) is 45.8 Å². The molecule has 1 atom stereocenters. The maximum absolute atomic E-state index is 12.9. The van der Waals surface area contributed by atoms with Crippen LogP contribution in [0.25, 0.3) is 33.3 Å². The normalized spacial score (nSPS) is 12.2. The fraction of sp³-hybridized carbons (Fsp3) is 0.265. The molecule has 228 valence electrons. The first kappa shape index (κ1) is 31.6. The van der Waals surface area contributed by atoms with E-state index in [1.54, 1.807) is 19.2 Å². The van der Waals surface area contributed by atoms with Gasteiger partial charge in [-0.05, 0) is 93.1 Å². The van der Waals surface area contributed by atoms with Crippen LogP contribution in [0.15, 0.2) is 72.8 Å². The topological polar surface area (TPSA) is 82.5 Å². The summed E-state index contributed by atoms with van der Waals surface area (Å²) in [4.78, 5) is 26.4. The van der Waals surface area contributed by atoms with Gasteiger partial charge in [-0.3, -0.25) is 14.3 Å². The van der Waals surface area contributed by atoms with Gasteiger partial charge in [0.2, 0.25) is 0 Å². The van der Waals surface area contributed by atoms with E-state index in [4.69, 9.17) is 37.8 Å². The minimum Gasteiger partial charge on any atom is -0.497 e. The van der Waals surface area contributed by atoms with Gasteiger partial charge in [0.15, 0.2) is 0 Å². The number of benzene rings is 3. The van der Waals surface area contributed by atoms with Crippen molar-refractivity contribution in [2.75, 3.05) is 13.7 Å². The summed E-state index contributed by atoms with van der Waals surface area (Å²) in [5.74, 6) is 0.206. The largest absolute Gasteiger partial charge is 0.497 e. The number of halogens is 2. The highest BCUT2D eigenvalue weighted by molar-refractivity contribution is 7.14. The first-order valence-corrected chi connectivity index (χ1v) is 15.7. The Hall–Kier alpha value is -3.85. The van der Waals surface area contributed by atoms with Crippen molar-refractivity contribution in [3.8, 4) is 28.3 Å². The zero-order chi connectivity index (χ0) is 31.6. The Bertz CT molecular complexity index is 1820. The zero-order valence-corrected chi connectivity index (χ0v) is 27.4. The van der Waals surface area contributed by atoms with Crippen molar-refractivity contribution in [3.05, 3.63) is 92.6 Å². The highest BCUT2D eigenvalue weighted by Gasteiger charge is 2.21. The summed E-state index contributed by atoms with van der Waals surface area (Å²) in [6, 6.07) is 23.2. The molecule has 0 aliphatic heterocycles. The smallest absolute Gasteiger partial charge is 0.308 e. The fourth-order valence-electron chi connectivity index (χ4n) is 4.84. The number of carbonyl (C=O) groups is 2. The number of nitrogens with zero attached hydrogens (tertiary/aromatic N) is 2. The van der Waals surface area contributed by atoms with Crippen LogP contribution in [0.3, 0.4) is 0 Å². The average molecular weight is 651 g/mol. The molecule has 1 unspecified atom stereocenters. The van der Waals surface area contributed by atoms with E-state index in [-0.39, 0.29) is 30.9 Å². The molecule has 1 N–H and O–H groups in total. The van der Waals surface area contributed by atoms with Crippen molar-refractivity contribution in [1.82, 2.24) is 15.1 Å². The average Bonchev–Trinajstić information content (AvgIpc) is 3.63. The van der Waals surface area contributed by atoms with E-state index in [1.165, 1.54) is 11.3 Å². The van der Waals surface area contributed by atoms with Crippen molar-refractivity contribution < 1.29 is 19.1 Å². The van der Waals surface area contributed by atoms with Crippen molar-refractivity contribution in [2.24, 2.45) is 0 Å². The van der Waals surface area contributed by atoms with E-state index in [2.05, 4.69) is 23.5 Å². The molecular formula is C34H33Cl2N3O4S. The van der Waals surface area contributed by atoms with Crippen molar-refractivity contribution >= 4 is 57.2 Å². The first-order valence-electron chi connectivity index (χ1n) is 14.1. The van der Waals surface area contributed by atoms with E-state index in [0.29, 0.717) is 14.9 Å². The molecule has 5 rings (SSSR count). The number of hydrogen-bond donors (Lipinski definition) is 1. The second-order valence-corrected chi connectivity index (χ2v) is 13.4. The highest BCUT2D eigenvalue weighted by atomic mass is 35.5. The molecule has 0 saturated heterocycles. The maximum Gasteiger partial charge on any atom is 0.308 e. The van der Waals surface area contributed by atoms with Gasteiger partial charge in [0, 0.05) is 32.6 Å². The number of rotatable bonds is 9. The predicted molar refractivity (Wildman–Crippen MR) is 178 cm³/mol. The van der Waals surface area contributed by atoms with E-state index in [9.17, 15) is 9.59 Å². The quantitative estimate of drug-likeness (QED) is 0.161. The van der Waals surface area contributed by atoms with Crippen LogP contribution in [-0.4, -0.2) is 40.9 Å². The van der Waals surface area contributed by atoms with Crippen LogP contribution < -0.4 is 10.1 Å². The molecule has 0 aliphatic carbocycles. The molecule has 2 aromatic heterocycles. The molecule has 0 spiro atoms. The number of ether oxygens (including phenoxy) is 2. The van der Waals surface area contributed by atoms with Crippen LogP contribution >= 0.6 is 34.5 Å². The van der Waals surface area contributed by atoms with Gasteiger partial charge < -0.3 is 14.8 Å². The van der Waals surface area contributed by atoms with Gasteiger partial charge in [-0.1, -0.05) is 41.4 Å². The van der Waals surface area contributed by atoms with Crippen LogP contribution in [0.4, 0.5) is 0 Å². The highest BCUT2D eigenvalue weighted by Crippen LogP contribution is 2.36. The second-order valence-electron chi connectivity index (χ2n) is 11.4. The standard InChI is InChI=1S/C34H33Cl2N3O4S/c1-20(30-10-11-31(44-30)33(41)37-13-12-32(40)43-34(2,3)4)39-29(19-28(38-39)24-15-25(35)18-26(36)16-24)23-7-6-22-17-27(42-5)9-8-21(22)14-23/h6-11,14-20H,12-13H2,1-5H3,(H,37,41).